The predicted octanol–water partition coefficient (Wildman–Crippen LogP) is 5.14. The number of nitrogens with one attached hydrogen (secondary N) is 2. The van der Waals surface area contributed by atoms with Crippen molar-refractivity contribution in [1.82, 2.24) is 9.97 Å². The van der Waals surface area contributed by atoms with Crippen molar-refractivity contribution in [2.24, 2.45) is 0 Å². The molecule has 1 unspecified atom stereocenters. The van der Waals surface area contributed by atoms with Gasteiger partial charge in [-0.05, 0) is 18.9 Å². The zero-order valence-corrected chi connectivity index (χ0v) is 14.7. The van der Waals surface area contributed by atoms with Crippen molar-refractivity contribution in [3.8, 4) is 11.3 Å². The summed E-state index contributed by atoms with van der Waals surface area (Å²) in [6.45, 7) is 5.15. The summed E-state index contributed by atoms with van der Waals surface area (Å²) in [5, 5.41) is 6.79. The Morgan fingerprint density at radius 2 is 1.60 bits per heavy atom. The average Bonchev–Trinajstić information content (AvgIpc) is 2.67. The molecule has 0 fully saturated rings. The van der Waals surface area contributed by atoms with Crippen LogP contribution in [0.5, 0.6) is 0 Å². The zero-order valence-electron chi connectivity index (χ0n) is 14.7. The molecule has 0 spiro atoms. The van der Waals surface area contributed by atoms with E-state index in [4.69, 9.17) is 4.98 Å². The predicted molar refractivity (Wildman–Crippen MR) is 105 cm³/mol. The Bertz CT molecular complexity index is 788. The van der Waals surface area contributed by atoms with Gasteiger partial charge in [-0.2, -0.15) is 4.98 Å². The Labute approximate surface area is 149 Å². The SMILES string of the molecule is CCCNc1cc(-c2ccccc2)nc(NC(C)c2ccccc2)n1. The van der Waals surface area contributed by atoms with Gasteiger partial charge in [0.2, 0.25) is 5.95 Å². The quantitative estimate of drug-likeness (QED) is 0.629. The number of hydrogen-bond acceptors (Lipinski definition) is 4. The molecule has 2 N–H and O–H groups in total. The second kappa shape index (κ2) is 8.29. The molecular formula is C21H24N4. The van der Waals surface area contributed by atoms with Gasteiger partial charge in [-0.3, -0.25) is 0 Å². The summed E-state index contributed by atoms with van der Waals surface area (Å²) in [5.41, 5.74) is 3.20. The maximum atomic E-state index is 4.71. The summed E-state index contributed by atoms with van der Waals surface area (Å²) < 4.78 is 0. The van der Waals surface area contributed by atoms with Gasteiger partial charge in [0.15, 0.2) is 0 Å². The largest absolute Gasteiger partial charge is 0.370 e. The van der Waals surface area contributed by atoms with Crippen LogP contribution in [0.1, 0.15) is 31.9 Å². The van der Waals surface area contributed by atoms with Gasteiger partial charge in [0.05, 0.1) is 11.7 Å². The molecule has 4 nitrogen and oxygen atoms in total. The van der Waals surface area contributed by atoms with Crippen LogP contribution in [0.15, 0.2) is 66.7 Å². The molecule has 25 heavy (non-hydrogen) atoms. The maximum Gasteiger partial charge on any atom is 0.225 e. The fourth-order valence-corrected chi connectivity index (χ4v) is 2.63. The van der Waals surface area contributed by atoms with Crippen molar-refractivity contribution >= 4 is 11.8 Å². The molecule has 0 aliphatic rings. The molecule has 0 bridgehead atoms. The van der Waals surface area contributed by atoms with Crippen LogP contribution in [-0.4, -0.2) is 16.5 Å². The van der Waals surface area contributed by atoms with Crippen LogP contribution in [0, 0.1) is 0 Å². The lowest BCUT2D eigenvalue weighted by molar-refractivity contribution is 0.860. The zero-order chi connectivity index (χ0) is 17.5. The Morgan fingerprint density at radius 3 is 2.28 bits per heavy atom. The molecule has 0 radical (unpaired) electrons. The van der Waals surface area contributed by atoms with Crippen LogP contribution in [0.2, 0.25) is 0 Å². The van der Waals surface area contributed by atoms with Crippen LogP contribution in [0.4, 0.5) is 11.8 Å². The minimum absolute atomic E-state index is 0.131. The standard InChI is InChI=1S/C21H24N4/c1-3-14-22-20-15-19(18-12-8-5-9-13-18)24-21(25-20)23-16(2)17-10-6-4-7-11-17/h4-13,15-16H,3,14H2,1-2H3,(H2,22,23,24,25). The Morgan fingerprint density at radius 1 is 0.920 bits per heavy atom. The molecule has 4 heteroatoms. The van der Waals surface area contributed by atoms with E-state index in [0.29, 0.717) is 5.95 Å². The molecule has 3 rings (SSSR count). The number of anilines is 2. The minimum Gasteiger partial charge on any atom is -0.370 e. The highest BCUT2D eigenvalue weighted by atomic mass is 15.2. The monoisotopic (exact) mass is 332 g/mol. The summed E-state index contributed by atoms with van der Waals surface area (Å²) in [4.78, 5) is 9.34. The van der Waals surface area contributed by atoms with Gasteiger partial charge in [-0.1, -0.05) is 67.6 Å². The summed E-state index contributed by atoms with van der Waals surface area (Å²) in [6.07, 6.45) is 1.05. The third kappa shape index (κ3) is 4.57. The van der Waals surface area contributed by atoms with E-state index in [0.717, 1.165) is 30.0 Å². The highest BCUT2D eigenvalue weighted by Gasteiger charge is 2.10. The van der Waals surface area contributed by atoms with E-state index in [9.17, 15) is 0 Å². The fraction of sp³-hybridized carbons (Fsp3) is 0.238. The molecule has 0 aliphatic heterocycles. The van der Waals surface area contributed by atoms with Gasteiger partial charge < -0.3 is 10.6 Å². The van der Waals surface area contributed by atoms with Gasteiger partial charge in [0, 0.05) is 18.2 Å². The number of nitrogens with zero attached hydrogens (tertiary/aromatic N) is 2. The van der Waals surface area contributed by atoms with E-state index in [1.807, 2.05) is 42.5 Å². The van der Waals surface area contributed by atoms with E-state index >= 15 is 0 Å². The lowest BCUT2D eigenvalue weighted by Crippen LogP contribution is -2.11. The Balaban J connectivity index is 1.89. The average molecular weight is 332 g/mol. The minimum atomic E-state index is 0.131. The first-order chi connectivity index (χ1) is 12.3. The van der Waals surface area contributed by atoms with Gasteiger partial charge in [0.1, 0.15) is 5.82 Å². The first kappa shape index (κ1) is 17.0. The normalized spacial score (nSPS) is 11.8. The van der Waals surface area contributed by atoms with Crippen molar-refractivity contribution in [3.05, 3.63) is 72.3 Å². The number of aromatic nitrogens is 2. The lowest BCUT2D eigenvalue weighted by atomic mass is 10.1. The van der Waals surface area contributed by atoms with E-state index in [1.165, 1.54) is 5.56 Å². The second-order valence-corrected chi connectivity index (χ2v) is 6.03. The van der Waals surface area contributed by atoms with E-state index in [-0.39, 0.29) is 6.04 Å². The van der Waals surface area contributed by atoms with Crippen molar-refractivity contribution in [1.29, 1.82) is 0 Å². The van der Waals surface area contributed by atoms with Crippen LogP contribution < -0.4 is 10.6 Å². The fourth-order valence-electron chi connectivity index (χ4n) is 2.63. The molecule has 0 amide bonds. The molecule has 0 saturated heterocycles. The lowest BCUT2D eigenvalue weighted by Gasteiger charge is -2.16. The topological polar surface area (TPSA) is 49.8 Å². The van der Waals surface area contributed by atoms with Gasteiger partial charge >= 0.3 is 0 Å². The third-order valence-electron chi connectivity index (χ3n) is 4.00. The molecular weight excluding hydrogens is 308 g/mol. The molecule has 128 valence electrons. The molecule has 2 aromatic carbocycles. The molecule has 1 atom stereocenters. The first-order valence-electron chi connectivity index (χ1n) is 8.76. The van der Waals surface area contributed by atoms with Gasteiger partial charge in [-0.15, -0.1) is 0 Å². The van der Waals surface area contributed by atoms with Crippen molar-refractivity contribution in [3.63, 3.8) is 0 Å². The highest BCUT2D eigenvalue weighted by molar-refractivity contribution is 5.64. The summed E-state index contributed by atoms with van der Waals surface area (Å²) in [7, 11) is 0. The summed E-state index contributed by atoms with van der Waals surface area (Å²) in [6, 6.07) is 22.7. The Hall–Kier alpha value is -2.88. The van der Waals surface area contributed by atoms with Crippen LogP contribution in [0.3, 0.4) is 0 Å². The highest BCUT2D eigenvalue weighted by Crippen LogP contribution is 2.23. The van der Waals surface area contributed by atoms with Crippen molar-refractivity contribution in [2.45, 2.75) is 26.3 Å². The molecule has 0 saturated carbocycles. The van der Waals surface area contributed by atoms with Crippen LogP contribution >= 0.6 is 0 Å². The third-order valence-corrected chi connectivity index (χ3v) is 4.00. The summed E-state index contributed by atoms with van der Waals surface area (Å²) in [5.74, 6) is 1.48. The van der Waals surface area contributed by atoms with Gasteiger partial charge in [0.25, 0.3) is 0 Å². The molecule has 1 heterocycles. The molecule has 3 aromatic rings. The van der Waals surface area contributed by atoms with E-state index in [2.05, 4.69) is 53.7 Å². The molecule has 0 aliphatic carbocycles. The van der Waals surface area contributed by atoms with E-state index < -0.39 is 0 Å². The van der Waals surface area contributed by atoms with Crippen molar-refractivity contribution < 1.29 is 0 Å². The Kier molecular flexibility index (Phi) is 5.62. The van der Waals surface area contributed by atoms with E-state index in [1.54, 1.807) is 0 Å². The van der Waals surface area contributed by atoms with Gasteiger partial charge in [-0.25, -0.2) is 4.98 Å². The smallest absolute Gasteiger partial charge is 0.225 e. The summed E-state index contributed by atoms with van der Waals surface area (Å²) >= 11 is 0. The molecule has 1 aromatic heterocycles. The number of rotatable bonds is 7. The van der Waals surface area contributed by atoms with Crippen LogP contribution in [-0.2, 0) is 0 Å². The second-order valence-electron chi connectivity index (χ2n) is 6.03. The first-order valence-corrected chi connectivity index (χ1v) is 8.76. The number of hydrogen-bond donors (Lipinski definition) is 2. The maximum absolute atomic E-state index is 4.71. The van der Waals surface area contributed by atoms with Crippen LogP contribution in [0.25, 0.3) is 11.3 Å². The number of benzene rings is 2. The van der Waals surface area contributed by atoms with Crippen molar-refractivity contribution in [2.75, 3.05) is 17.2 Å².